The van der Waals surface area contributed by atoms with Gasteiger partial charge in [-0.25, -0.2) is 4.98 Å². The van der Waals surface area contributed by atoms with Crippen LogP contribution in [0.5, 0.6) is 0 Å². The molecule has 0 saturated heterocycles. The van der Waals surface area contributed by atoms with Crippen LogP contribution in [0.3, 0.4) is 0 Å². The average molecular weight is 273 g/mol. The summed E-state index contributed by atoms with van der Waals surface area (Å²) >= 11 is 0. The van der Waals surface area contributed by atoms with E-state index in [2.05, 4.69) is 47.8 Å². The lowest BCUT2D eigenvalue weighted by atomic mass is 10.1. The molecule has 1 N–H and O–H groups in total. The summed E-state index contributed by atoms with van der Waals surface area (Å²) in [7, 11) is 0. The summed E-state index contributed by atoms with van der Waals surface area (Å²) in [5, 5.41) is 3.37. The molecule has 0 unspecified atom stereocenters. The molecule has 3 heteroatoms. The van der Waals surface area contributed by atoms with Gasteiger partial charge in [0.05, 0.1) is 17.4 Å². The van der Waals surface area contributed by atoms with E-state index in [1.807, 2.05) is 6.33 Å². The molecule has 0 bridgehead atoms. The molecule has 3 nitrogen and oxygen atoms in total. The number of nitrogens with zero attached hydrogens (tertiary/aromatic N) is 2. The molecule has 20 heavy (non-hydrogen) atoms. The van der Waals surface area contributed by atoms with Gasteiger partial charge in [0.15, 0.2) is 0 Å². The maximum absolute atomic E-state index is 4.51. The monoisotopic (exact) mass is 273 g/mol. The van der Waals surface area contributed by atoms with Gasteiger partial charge < -0.3 is 9.88 Å². The maximum atomic E-state index is 4.51. The van der Waals surface area contributed by atoms with Crippen molar-refractivity contribution in [2.75, 3.05) is 13.1 Å². The lowest BCUT2D eigenvalue weighted by Crippen LogP contribution is -2.13. The highest BCUT2D eigenvalue weighted by Crippen LogP contribution is 2.19. The Hall–Kier alpha value is -1.35. The second-order valence-electron chi connectivity index (χ2n) is 5.63. The summed E-state index contributed by atoms with van der Waals surface area (Å²) in [6.07, 6.45) is 7.14. The molecular weight excluding hydrogens is 246 g/mol. The predicted octanol–water partition coefficient (Wildman–Crippen LogP) is 3.82. The van der Waals surface area contributed by atoms with Crippen molar-refractivity contribution >= 4 is 11.0 Å². The smallest absolute Gasteiger partial charge is 0.0958 e. The van der Waals surface area contributed by atoms with E-state index < -0.39 is 0 Å². The lowest BCUT2D eigenvalue weighted by Gasteiger charge is -2.06. The maximum Gasteiger partial charge on any atom is 0.0958 e. The second kappa shape index (κ2) is 7.44. The van der Waals surface area contributed by atoms with Crippen LogP contribution in [0.4, 0.5) is 0 Å². The highest BCUT2D eigenvalue weighted by molar-refractivity contribution is 5.77. The molecule has 0 radical (unpaired) electrons. The van der Waals surface area contributed by atoms with Gasteiger partial charge in [-0.1, -0.05) is 19.8 Å². The zero-order chi connectivity index (χ0) is 14.4. The number of aromatic nitrogens is 2. The SMILES string of the molecule is CCNCCCCCCn1cnc2cc(C)c(C)cc21. The molecule has 0 saturated carbocycles. The van der Waals surface area contributed by atoms with Crippen molar-refractivity contribution < 1.29 is 0 Å². The van der Waals surface area contributed by atoms with Gasteiger partial charge in [0, 0.05) is 6.54 Å². The van der Waals surface area contributed by atoms with Crippen molar-refractivity contribution in [1.29, 1.82) is 0 Å². The Bertz CT molecular complexity index is 542. The molecule has 0 spiro atoms. The first-order valence-electron chi connectivity index (χ1n) is 7.85. The first kappa shape index (κ1) is 15.0. The molecule has 0 fully saturated rings. The minimum atomic E-state index is 1.08. The predicted molar refractivity (Wildman–Crippen MR) is 86.2 cm³/mol. The zero-order valence-electron chi connectivity index (χ0n) is 13.1. The van der Waals surface area contributed by atoms with Crippen LogP contribution in [-0.2, 0) is 6.54 Å². The fourth-order valence-electron chi connectivity index (χ4n) is 2.55. The lowest BCUT2D eigenvalue weighted by molar-refractivity contribution is 0.561. The van der Waals surface area contributed by atoms with Crippen LogP contribution >= 0.6 is 0 Å². The highest BCUT2D eigenvalue weighted by atomic mass is 15.0. The summed E-state index contributed by atoms with van der Waals surface area (Å²) in [5.74, 6) is 0. The second-order valence-corrected chi connectivity index (χ2v) is 5.63. The van der Waals surface area contributed by atoms with Crippen LogP contribution in [0.15, 0.2) is 18.5 Å². The van der Waals surface area contributed by atoms with E-state index in [9.17, 15) is 0 Å². The van der Waals surface area contributed by atoms with Crippen LogP contribution in [0.2, 0.25) is 0 Å². The number of benzene rings is 1. The molecule has 2 aromatic rings. The summed E-state index contributed by atoms with van der Waals surface area (Å²) < 4.78 is 2.30. The largest absolute Gasteiger partial charge is 0.331 e. The molecule has 0 aliphatic carbocycles. The third-order valence-electron chi connectivity index (χ3n) is 3.99. The molecule has 1 heterocycles. The molecule has 0 aliphatic rings. The number of rotatable bonds is 8. The summed E-state index contributed by atoms with van der Waals surface area (Å²) in [6, 6.07) is 4.46. The van der Waals surface area contributed by atoms with Gasteiger partial charge in [0.2, 0.25) is 0 Å². The number of aryl methyl sites for hydroxylation is 3. The van der Waals surface area contributed by atoms with E-state index in [1.165, 1.54) is 42.3 Å². The van der Waals surface area contributed by atoms with Crippen molar-refractivity contribution in [1.82, 2.24) is 14.9 Å². The molecule has 1 aromatic carbocycles. The van der Waals surface area contributed by atoms with Crippen LogP contribution in [-0.4, -0.2) is 22.6 Å². The minimum absolute atomic E-state index is 1.08. The number of imidazole rings is 1. The Morgan fingerprint density at radius 2 is 1.80 bits per heavy atom. The van der Waals surface area contributed by atoms with E-state index in [4.69, 9.17) is 0 Å². The van der Waals surface area contributed by atoms with Gasteiger partial charge in [-0.3, -0.25) is 0 Å². The first-order chi connectivity index (χ1) is 9.72. The van der Waals surface area contributed by atoms with E-state index in [-0.39, 0.29) is 0 Å². The van der Waals surface area contributed by atoms with Gasteiger partial charge >= 0.3 is 0 Å². The van der Waals surface area contributed by atoms with Gasteiger partial charge in [0.25, 0.3) is 0 Å². The van der Waals surface area contributed by atoms with Gasteiger partial charge in [-0.2, -0.15) is 0 Å². The minimum Gasteiger partial charge on any atom is -0.331 e. The number of fused-ring (bicyclic) bond motifs is 1. The molecule has 2 rings (SSSR count). The van der Waals surface area contributed by atoms with Gasteiger partial charge in [-0.15, -0.1) is 0 Å². The van der Waals surface area contributed by atoms with E-state index in [0.29, 0.717) is 0 Å². The molecule has 1 aromatic heterocycles. The molecule has 0 atom stereocenters. The van der Waals surface area contributed by atoms with Crippen LogP contribution in [0.25, 0.3) is 11.0 Å². The Labute approximate surface area is 122 Å². The van der Waals surface area contributed by atoms with Crippen molar-refractivity contribution in [3.05, 3.63) is 29.6 Å². The van der Waals surface area contributed by atoms with E-state index >= 15 is 0 Å². The number of unbranched alkanes of at least 4 members (excludes halogenated alkanes) is 3. The van der Waals surface area contributed by atoms with Crippen molar-refractivity contribution in [2.45, 2.75) is 53.0 Å². The van der Waals surface area contributed by atoms with Crippen molar-refractivity contribution in [3.8, 4) is 0 Å². The standard InChI is InChI=1S/C17H27N3/c1-4-18-9-7-5-6-8-10-20-13-19-16-11-14(2)15(3)12-17(16)20/h11-13,18H,4-10H2,1-3H3. The summed E-state index contributed by atoms with van der Waals surface area (Å²) in [5.41, 5.74) is 5.08. The molecular formula is C17H27N3. The topological polar surface area (TPSA) is 29.9 Å². The molecule has 0 amide bonds. The quantitative estimate of drug-likeness (QED) is 0.741. The first-order valence-corrected chi connectivity index (χ1v) is 7.85. The average Bonchev–Trinajstić information content (AvgIpc) is 2.81. The van der Waals surface area contributed by atoms with Crippen LogP contribution < -0.4 is 5.32 Å². The zero-order valence-corrected chi connectivity index (χ0v) is 13.1. The molecule has 110 valence electrons. The summed E-state index contributed by atoms with van der Waals surface area (Å²) in [4.78, 5) is 4.51. The van der Waals surface area contributed by atoms with Gasteiger partial charge in [0.1, 0.15) is 0 Å². The number of hydrogen-bond acceptors (Lipinski definition) is 2. The number of hydrogen-bond donors (Lipinski definition) is 1. The molecule has 0 aliphatic heterocycles. The van der Waals surface area contributed by atoms with Crippen molar-refractivity contribution in [3.63, 3.8) is 0 Å². The van der Waals surface area contributed by atoms with E-state index in [0.717, 1.165) is 25.2 Å². The van der Waals surface area contributed by atoms with Crippen molar-refractivity contribution in [2.24, 2.45) is 0 Å². The van der Waals surface area contributed by atoms with Crippen LogP contribution in [0, 0.1) is 13.8 Å². The third-order valence-corrected chi connectivity index (χ3v) is 3.99. The van der Waals surface area contributed by atoms with Gasteiger partial charge in [-0.05, 0) is 63.0 Å². The van der Waals surface area contributed by atoms with Crippen LogP contribution in [0.1, 0.15) is 43.7 Å². The number of nitrogens with one attached hydrogen (secondary N) is 1. The normalized spacial score (nSPS) is 11.3. The highest BCUT2D eigenvalue weighted by Gasteiger charge is 2.04. The summed E-state index contributed by atoms with van der Waals surface area (Å²) in [6.45, 7) is 9.81. The Morgan fingerprint density at radius 3 is 2.60 bits per heavy atom. The Balaban J connectivity index is 1.83. The Morgan fingerprint density at radius 1 is 1.05 bits per heavy atom. The fraction of sp³-hybridized carbons (Fsp3) is 0.588. The Kier molecular flexibility index (Phi) is 5.60. The fourth-order valence-corrected chi connectivity index (χ4v) is 2.55. The third kappa shape index (κ3) is 3.83. The van der Waals surface area contributed by atoms with E-state index in [1.54, 1.807) is 0 Å².